The van der Waals surface area contributed by atoms with Gasteiger partial charge in [-0.2, -0.15) is 0 Å². The molecule has 0 amide bonds. The molecule has 34 heavy (non-hydrogen) atoms. The Morgan fingerprint density at radius 3 is 2.38 bits per heavy atom. The molecule has 7 nitrogen and oxygen atoms in total. The van der Waals surface area contributed by atoms with Crippen LogP contribution in [0.3, 0.4) is 0 Å². The molecule has 7 heteroatoms. The van der Waals surface area contributed by atoms with E-state index < -0.39 is 0 Å². The summed E-state index contributed by atoms with van der Waals surface area (Å²) >= 11 is 0. The number of aryl methyl sites for hydroxylation is 3. The van der Waals surface area contributed by atoms with Crippen molar-refractivity contribution in [1.82, 2.24) is 9.13 Å². The van der Waals surface area contributed by atoms with Crippen LogP contribution in [0.25, 0.3) is 33.3 Å². The Labute approximate surface area is 194 Å². The predicted molar refractivity (Wildman–Crippen MR) is 131 cm³/mol. The lowest BCUT2D eigenvalue weighted by molar-refractivity contribution is 0.0920. The Hall–Kier alpha value is -4.39. The number of carbonyl (C=O) groups excluding carboxylic acids is 1. The van der Waals surface area contributed by atoms with Gasteiger partial charge in [0.1, 0.15) is 5.58 Å². The van der Waals surface area contributed by atoms with Crippen molar-refractivity contribution >= 4 is 27.8 Å². The van der Waals surface area contributed by atoms with Crippen LogP contribution in [0.1, 0.15) is 15.9 Å². The number of Topliss-reactive ketones (excluding diaryl/α,β-unsaturated/α-hetero) is 1. The lowest BCUT2D eigenvalue weighted by Crippen LogP contribution is -2.19. The van der Waals surface area contributed by atoms with Crippen LogP contribution >= 0.6 is 0 Å². The smallest absolute Gasteiger partial charge is 0.328 e. The molecule has 5 aromatic rings. The largest absolute Gasteiger partial charge is 0.478 e. The van der Waals surface area contributed by atoms with Gasteiger partial charge in [0, 0.05) is 25.2 Å². The number of ether oxygens (including phenoxy) is 1. The van der Waals surface area contributed by atoms with Crippen molar-refractivity contribution in [1.29, 1.82) is 0 Å². The highest BCUT2D eigenvalue weighted by atomic mass is 16.5. The first-order chi connectivity index (χ1) is 16.3. The summed E-state index contributed by atoms with van der Waals surface area (Å²) in [5.74, 6) is -0.0536. The van der Waals surface area contributed by atoms with Crippen LogP contribution < -0.4 is 15.9 Å². The minimum absolute atomic E-state index is 0.0101. The Morgan fingerprint density at radius 1 is 0.912 bits per heavy atom. The summed E-state index contributed by atoms with van der Waals surface area (Å²) < 4.78 is 14.9. The molecule has 0 radical (unpaired) electrons. The van der Waals surface area contributed by atoms with Gasteiger partial charge in [-0.15, -0.1) is 0 Å². The average molecular weight is 454 g/mol. The molecule has 0 aliphatic heterocycles. The first kappa shape index (κ1) is 21.5. The topological polar surface area (TPSA) is 83.4 Å². The predicted octanol–water partition coefficient (Wildman–Crippen LogP) is 4.22. The number of hydrogen-bond acceptors (Lipinski definition) is 5. The highest BCUT2D eigenvalue weighted by Crippen LogP contribution is 2.31. The molecule has 0 spiro atoms. The Morgan fingerprint density at radius 2 is 1.62 bits per heavy atom. The molecule has 0 aliphatic rings. The number of rotatable bonds is 5. The molecule has 0 saturated heterocycles. The fourth-order valence-electron chi connectivity index (χ4n) is 4.05. The molecule has 0 aliphatic carbocycles. The molecule has 0 N–H and O–H groups in total. The Balaban J connectivity index is 1.53. The van der Waals surface area contributed by atoms with Crippen molar-refractivity contribution in [2.24, 2.45) is 14.1 Å². The number of aromatic nitrogens is 2. The fourth-order valence-corrected chi connectivity index (χ4v) is 4.05. The zero-order valence-electron chi connectivity index (χ0n) is 19.0. The second-order valence-corrected chi connectivity index (χ2v) is 8.27. The van der Waals surface area contributed by atoms with E-state index in [0.29, 0.717) is 27.6 Å². The van der Waals surface area contributed by atoms with Crippen LogP contribution in [0.2, 0.25) is 0 Å². The van der Waals surface area contributed by atoms with Crippen molar-refractivity contribution in [3.05, 3.63) is 98.6 Å². The summed E-state index contributed by atoms with van der Waals surface area (Å²) in [5, 5.41) is 0.376. The van der Waals surface area contributed by atoms with E-state index >= 15 is 0 Å². The van der Waals surface area contributed by atoms with E-state index in [9.17, 15) is 14.4 Å². The van der Waals surface area contributed by atoms with Crippen LogP contribution in [-0.2, 0) is 14.1 Å². The molecule has 0 atom stereocenters. The van der Waals surface area contributed by atoms with E-state index in [1.165, 1.54) is 9.13 Å². The molecule has 0 fully saturated rings. The molecule has 0 unspecified atom stereocenters. The fraction of sp³-hybridized carbons (Fsp3) is 0.148. The lowest BCUT2D eigenvalue weighted by Gasteiger charge is -2.12. The standard InChI is InChI=1S/C27H22N2O5/c1-16-8-10-17(11-9-16)25-26(24(31)19-6-4-5-7-23(19)34-25)33-15-22(30)18-12-13-20-21(14-18)29(3)27(32)28(20)2/h4-14H,15H2,1-3H3. The van der Waals surface area contributed by atoms with Gasteiger partial charge >= 0.3 is 5.69 Å². The maximum Gasteiger partial charge on any atom is 0.328 e. The van der Waals surface area contributed by atoms with Crippen molar-refractivity contribution in [2.75, 3.05) is 6.61 Å². The minimum atomic E-state index is -0.353. The van der Waals surface area contributed by atoms with E-state index in [1.54, 1.807) is 56.6 Å². The van der Waals surface area contributed by atoms with E-state index in [-0.39, 0.29) is 35.0 Å². The summed E-state index contributed by atoms with van der Waals surface area (Å²) in [7, 11) is 3.34. The number of nitrogens with zero attached hydrogens (tertiary/aromatic N) is 2. The summed E-state index contributed by atoms with van der Waals surface area (Å²) in [6, 6.07) is 19.5. The highest BCUT2D eigenvalue weighted by Gasteiger charge is 2.20. The molecule has 2 aromatic heterocycles. The van der Waals surface area contributed by atoms with Crippen LogP contribution in [0.15, 0.2) is 80.7 Å². The summed E-state index contributed by atoms with van der Waals surface area (Å²) in [5.41, 5.74) is 3.42. The van der Waals surface area contributed by atoms with E-state index in [0.717, 1.165) is 11.1 Å². The molecule has 0 bridgehead atoms. The maximum atomic E-state index is 13.3. The van der Waals surface area contributed by atoms with Crippen LogP contribution in [-0.4, -0.2) is 21.5 Å². The number of ketones is 1. The highest BCUT2D eigenvalue weighted by molar-refractivity contribution is 6.00. The number of hydrogen-bond donors (Lipinski definition) is 0. The lowest BCUT2D eigenvalue weighted by atomic mass is 10.1. The van der Waals surface area contributed by atoms with Crippen molar-refractivity contribution < 1.29 is 13.9 Å². The van der Waals surface area contributed by atoms with Crippen LogP contribution in [0, 0.1) is 6.92 Å². The average Bonchev–Trinajstić information content (AvgIpc) is 3.07. The molecule has 170 valence electrons. The number of carbonyl (C=O) groups is 1. The number of fused-ring (bicyclic) bond motifs is 2. The molecule has 3 aromatic carbocycles. The SMILES string of the molecule is Cc1ccc(-c2oc3ccccc3c(=O)c2OCC(=O)c2ccc3c(c2)n(C)c(=O)n3C)cc1. The van der Waals surface area contributed by atoms with Gasteiger partial charge < -0.3 is 9.15 Å². The van der Waals surface area contributed by atoms with Crippen molar-refractivity contribution in [3.8, 4) is 17.1 Å². The number of benzene rings is 3. The van der Waals surface area contributed by atoms with Gasteiger partial charge in [0.25, 0.3) is 0 Å². The second kappa shape index (κ2) is 8.19. The third-order valence-electron chi connectivity index (χ3n) is 6.01. The monoisotopic (exact) mass is 454 g/mol. The van der Waals surface area contributed by atoms with Gasteiger partial charge in [0.2, 0.25) is 11.2 Å². The summed E-state index contributed by atoms with van der Waals surface area (Å²) in [6.45, 7) is 1.62. The van der Waals surface area contributed by atoms with Gasteiger partial charge in [-0.3, -0.25) is 18.7 Å². The minimum Gasteiger partial charge on any atom is -0.478 e. The van der Waals surface area contributed by atoms with Gasteiger partial charge in [-0.25, -0.2) is 4.79 Å². The third kappa shape index (κ3) is 3.51. The van der Waals surface area contributed by atoms with Gasteiger partial charge in [0.15, 0.2) is 18.2 Å². The van der Waals surface area contributed by atoms with Gasteiger partial charge in [-0.1, -0.05) is 42.0 Å². The number of para-hydroxylation sites is 1. The van der Waals surface area contributed by atoms with Crippen LogP contribution in [0.4, 0.5) is 0 Å². The van der Waals surface area contributed by atoms with Gasteiger partial charge in [-0.05, 0) is 37.3 Å². The molecular weight excluding hydrogens is 432 g/mol. The molecule has 0 saturated carbocycles. The number of imidazole rings is 1. The Bertz CT molecular complexity index is 1690. The first-order valence-corrected chi connectivity index (χ1v) is 10.8. The molecular formula is C27H22N2O5. The molecule has 2 heterocycles. The zero-order valence-corrected chi connectivity index (χ0v) is 19.0. The first-order valence-electron chi connectivity index (χ1n) is 10.8. The maximum absolute atomic E-state index is 13.3. The van der Waals surface area contributed by atoms with Gasteiger partial charge in [0.05, 0.1) is 16.4 Å². The quantitative estimate of drug-likeness (QED) is 0.371. The van der Waals surface area contributed by atoms with E-state index in [1.807, 2.05) is 31.2 Å². The summed E-state index contributed by atoms with van der Waals surface area (Å²) in [6.07, 6.45) is 0. The van der Waals surface area contributed by atoms with E-state index in [2.05, 4.69) is 0 Å². The second-order valence-electron chi connectivity index (χ2n) is 8.27. The summed E-state index contributed by atoms with van der Waals surface area (Å²) in [4.78, 5) is 38.4. The Kier molecular flexibility index (Phi) is 5.17. The third-order valence-corrected chi connectivity index (χ3v) is 6.01. The van der Waals surface area contributed by atoms with Crippen molar-refractivity contribution in [3.63, 3.8) is 0 Å². The zero-order chi connectivity index (χ0) is 24.0. The van der Waals surface area contributed by atoms with Crippen molar-refractivity contribution in [2.45, 2.75) is 6.92 Å². The normalized spacial score (nSPS) is 11.3. The molecule has 5 rings (SSSR count). The van der Waals surface area contributed by atoms with Crippen LogP contribution in [0.5, 0.6) is 5.75 Å². The van der Waals surface area contributed by atoms with E-state index in [4.69, 9.17) is 9.15 Å².